The molecule has 120 valence electrons. The van der Waals surface area contributed by atoms with Crippen LogP contribution >= 0.6 is 0 Å². The summed E-state index contributed by atoms with van der Waals surface area (Å²) in [4.78, 5) is 12.5. The highest BCUT2D eigenvalue weighted by Gasteiger charge is 2.11. The first kappa shape index (κ1) is 15.7. The van der Waals surface area contributed by atoms with Crippen LogP contribution in [-0.4, -0.2) is 5.91 Å². The number of anilines is 2. The molecule has 0 radical (unpaired) electrons. The third-order valence-corrected chi connectivity index (χ3v) is 3.63. The van der Waals surface area contributed by atoms with Crippen LogP contribution in [0.3, 0.4) is 0 Å². The molecule has 0 aliphatic heterocycles. The molecule has 2 N–H and O–H groups in total. The zero-order chi connectivity index (χ0) is 16.8. The zero-order valence-corrected chi connectivity index (χ0v) is 13.0. The molecule has 0 aliphatic carbocycles. The normalized spacial score (nSPS) is 10.2. The maximum atomic E-state index is 13.7. The van der Waals surface area contributed by atoms with E-state index in [-0.39, 0.29) is 11.7 Å². The quantitative estimate of drug-likeness (QED) is 0.716. The highest BCUT2D eigenvalue weighted by molar-refractivity contribution is 6.08. The third-order valence-electron chi connectivity index (χ3n) is 3.63. The molecule has 0 heterocycles. The van der Waals surface area contributed by atoms with E-state index in [9.17, 15) is 9.18 Å². The highest BCUT2D eigenvalue weighted by atomic mass is 19.1. The van der Waals surface area contributed by atoms with Crippen molar-refractivity contribution in [2.75, 3.05) is 10.6 Å². The van der Waals surface area contributed by atoms with Gasteiger partial charge in [0.1, 0.15) is 5.82 Å². The Labute approximate surface area is 140 Å². The second-order valence-electron chi connectivity index (χ2n) is 5.31. The Morgan fingerprint density at radius 3 is 2.29 bits per heavy atom. The van der Waals surface area contributed by atoms with Crippen LogP contribution in [0.5, 0.6) is 0 Å². The van der Waals surface area contributed by atoms with Gasteiger partial charge in [0.15, 0.2) is 0 Å². The SMILES string of the molecule is O=C(Nc1ccccc1)c1ccccc1NCc1ccccc1F. The first-order valence-corrected chi connectivity index (χ1v) is 7.67. The number of amides is 1. The Bertz CT molecular complexity index is 834. The molecule has 0 spiro atoms. The topological polar surface area (TPSA) is 41.1 Å². The third kappa shape index (κ3) is 3.79. The maximum absolute atomic E-state index is 13.7. The van der Waals surface area contributed by atoms with E-state index in [1.165, 1.54) is 6.07 Å². The molecular formula is C20H17FN2O. The van der Waals surface area contributed by atoms with Crippen LogP contribution in [0, 0.1) is 5.82 Å². The molecule has 0 unspecified atom stereocenters. The van der Waals surface area contributed by atoms with Crippen LogP contribution in [0.15, 0.2) is 78.9 Å². The summed E-state index contributed by atoms with van der Waals surface area (Å²) in [5.41, 5.74) is 2.45. The molecule has 0 saturated carbocycles. The van der Waals surface area contributed by atoms with Gasteiger partial charge in [-0.1, -0.05) is 48.5 Å². The lowest BCUT2D eigenvalue weighted by molar-refractivity contribution is 0.102. The van der Waals surface area contributed by atoms with Crippen molar-refractivity contribution in [3.05, 3.63) is 95.8 Å². The molecule has 0 saturated heterocycles. The fraction of sp³-hybridized carbons (Fsp3) is 0.0500. The number of carbonyl (C=O) groups excluding carboxylic acids is 1. The van der Waals surface area contributed by atoms with Gasteiger partial charge in [-0.25, -0.2) is 4.39 Å². The van der Waals surface area contributed by atoms with Gasteiger partial charge in [-0.05, 0) is 30.3 Å². The van der Waals surface area contributed by atoms with Crippen LogP contribution in [0.25, 0.3) is 0 Å². The summed E-state index contributed by atoms with van der Waals surface area (Å²) in [6.07, 6.45) is 0. The fourth-order valence-electron chi connectivity index (χ4n) is 2.39. The molecular weight excluding hydrogens is 303 g/mol. The van der Waals surface area contributed by atoms with Gasteiger partial charge in [-0.2, -0.15) is 0 Å². The highest BCUT2D eigenvalue weighted by Crippen LogP contribution is 2.19. The monoisotopic (exact) mass is 320 g/mol. The molecule has 0 fully saturated rings. The molecule has 1 amide bonds. The number of benzene rings is 3. The number of halogens is 1. The largest absolute Gasteiger partial charge is 0.380 e. The summed E-state index contributed by atoms with van der Waals surface area (Å²) in [5, 5.41) is 5.99. The molecule has 4 heteroatoms. The summed E-state index contributed by atoms with van der Waals surface area (Å²) in [6, 6.07) is 23.0. The lowest BCUT2D eigenvalue weighted by Gasteiger charge is -2.12. The molecule has 24 heavy (non-hydrogen) atoms. The van der Waals surface area contributed by atoms with Gasteiger partial charge >= 0.3 is 0 Å². The second-order valence-corrected chi connectivity index (χ2v) is 5.31. The van der Waals surface area contributed by atoms with Gasteiger partial charge in [0.05, 0.1) is 5.56 Å². The van der Waals surface area contributed by atoms with Crippen LogP contribution in [0.1, 0.15) is 15.9 Å². The van der Waals surface area contributed by atoms with E-state index in [0.29, 0.717) is 23.4 Å². The summed E-state index contributed by atoms with van der Waals surface area (Å²) >= 11 is 0. The average molecular weight is 320 g/mol. The summed E-state index contributed by atoms with van der Waals surface area (Å²) in [5.74, 6) is -0.478. The van der Waals surface area contributed by atoms with E-state index in [2.05, 4.69) is 10.6 Å². The predicted molar refractivity (Wildman–Crippen MR) is 94.6 cm³/mol. The maximum Gasteiger partial charge on any atom is 0.257 e. The van der Waals surface area contributed by atoms with Gasteiger partial charge < -0.3 is 10.6 Å². The smallest absolute Gasteiger partial charge is 0.257 e. The first-order valence-electron chi connectivity index (χ1n) is 7.67. The van der Waals surface area contributed by atoms with Gasteiger partial charge in [-0.15, -0.1) is 0 Å². The van der Waals surface area contributed by atoms with Crippen LogP contribution in [0.4, 0.5) is 15.8 Å². The number of rotatable bonds is 5. The minimum atomic E-state index is -0.267. The minimum Gasteiger partial charge on any atom is -0.380 e. The molecule has 0 bridgehead atoms. The Balaban J connectivity index is 1.75. The van der Waals surface area contributed by atoms with Gasteiger partial charge in [0.2, 0.25) is 0 Å². The van der Waals surface area contributed by atoms with Crippen molar-refractivity contribution in [3.8, 4) is 0 Å². The van der Waals surface area contributed by atoms with E-state index < -0.39 is 0 Å². The van der Waals surface area contributed by atoms with Crippen LogP contribution in [0.2, 0.25) is 0 Å². The predicted octanol–water partition coefficient (Wildman–Crippen LogP) is 4.69. The second kappa shape index (κ2) is 7.42. The molecule has 3 aromatic rings. The van der Waals surface area contributed by atoms with E-state index in [1.807, 2.05) is 36.4 Å². The van der Waals surface area contributed by atoms with Crippen molar-refractivity contribution >= 4 is 17.3 Å². The average Bonchev–Trinajstić information content (AvgIpc) is 2.62. The Morgan fingerprint density at radius 2 is 1.50 bits per heavy atom. The molecule has 3 rings (SSSR count). The molecule has 3 aromatic carbocycles. The summed E-state index contributed by atoms with van der Waals surface area (Å²) in [6.45, 7) is 0.308. The number of carbonyl (C=O) groups is 1. The number of para-hydroxylation sites is 2. The number of hydrogen-bond donors (Lipinski definition) is 2. The lowest BCUT2D eigenvalue weighted by Crippen LogP contribution is -2.15. The van der Waals surface area contributed by atoms with Crippen LogP contribution in [-0.2, 0) is 6.54 Å². The van der Waals surface area contributed by atoms with Gasteiger partial charge in [-0.3, -0.25) is 4.79 Å². The summed E-state index contributed by atoms with van der Waals surface area (Å²) in [7, 11) is 0. The van der Waals surface area contributed by atoms with E-state index in [0.717, 1.165) is 5.69 Å². The summed E-state index contributed by atoms with van der Waals surface area (Å²) < 4.78 is 13.7. The van der Waals surface area contributed by atoms with Crippen molar-refractivity contribution in [2.24, 2.45) is 0 Å². The van der Waals surface area contributed by atoms with Gasteiger partial charge in [0.25, 0.3) is 5.91 Å². The van der Waals surface area contributed by atoms with Gasteiger partial charge in [0, 0.05) is 23.5 Å². The Kier molecular flexibility index (Phi) is 4.87. The lowest BCUT2D eigenvalue weighted by atomic mass is 10.1. The van der Waals surface area contributed by atoms with E-state index in [1.54, 1.807) is 36.4 Å². The first-order chi connectivity index (χ1) is 11.7. The Hall–Kier alpha value is -3.14. The van der Waals surface area contributed by atoms with E-state index >= 15 is 0 Å². The minimum absolute atomic E-state index is 0.210. The van der Waals surface area contributed by atoms with Crippen molar-refractivity contribution < 1.29 is 9.18 Å². The molecule has 0 aromatic heterocycles. The molecule has 0 aliphatic rings. The van der Waals surface area contributed by atoms with E-state index in [4.69, 9.17) is 0 Å². The standard InChI is InChI=1S/C20H17FN2O/c21-18-12-6-4-8-15(18)14-22-19-13-7-5-11-17(19)20(24)23-16-9-2-1-3-10-16/h1-13,22H,14H2,(H,23,24). The van der Waals surface area contributed by atoms with Crippen molar-refractivity contribution in [1.29, 1.82) is 0 Å². The number of nitrogens with one attached hydrogen (secondary N) is 2. The van der Waals surface area contributed by atoms with Crippen molar-refractivity contribution in [1.82, 2.24) is 0 Å². The zero-order valence-electron chi connectivity index (χ0n) is 13.0. The number of hydrogen-bond acceptors (Lipinski definition) is 2. The Morgan fingerprint density at radius 1 is 0.833 bits per heavy atom. The van der Waals surface area contributed by atoms with Crippen molar-refractivity contribution in [2.45, 2.75) is 6.54 Å². The van der Waals surface area contributed by atoms with Crippen molar-refractivity contribution in [3.63, 3.8) is 0 Å². The molecule has 0 atom stereocenters. The fourth-order valence-corrected chi connectivity index (χ4v) is 2.39. The van der Waals surface area contributed by atoms with Crippen LogP contribution < -0.4 is 10.6 Å². The molecule has 3 nitrogen and oxygen atoms in total.